The molecule has 2 N–H and O–H groups in total. The molecule has 0 amide bonds. The van der Waals surface area contributed by atoms with Gasteiger partial charge in [-0.15, -0.1) is 0 Å². The van der Waals surface area contributed by atoms with Crippen LogP contribution < -0.4 is 10.9 Å². The van der Waals surface area contributed by atoms with Crippen molar-refractivity contribution in [3.8, 4) is 11.1 Å². The zero-order valence-corrected chi connectivity index (χ0v) is 16.4. The number of benzene rings is 1. The molecular weight excluding hydrogens is 400 g/mol. The Morgan fingerprint density at radius 1 is 1.10 bits per heavy atom. The predicted molar refractivity (Wildman–Crippen MR) is 115 cm³/mol. The second kappa shape index (κ2) is 7.32. The van der Waals surface area contributed by atoms with Crippen LogP contribution in [0.5, 0.6) is 0 Å². The number of halogens is 2. The molecule has 4 aromatic heterocycles. The minimum atomic E-state index is -0.501. The molecular formula is C23H17F2N5O. The Morgan fingerprint density at radius 2 is 1.90 bits per heavy atom. The number of aromatic nitrogens is 4. The lowest BCUT2D eigenvalue weighted by Gasteiger charge is -2.20. The summed E-state index contributed by atoms with van der Waals surface area (Å²) in [5, 5.41) is 3.45. The van der Waals surface area contributed by atoms with E-state index < -0.39 is 17.7 Å². The quantitative estimate of drug-likeness (QED) is 0.445. The summed E-state index contributed by atoms with van der Waals surface area (Å²) in [5.41, 5.74) is 2.41. The molecule has 4 heterocycles. The van der Waals surface area contributed by atoms with Gasteiger partial charge in [-0.3, -0.25) is 9.20 Å². The molecule has 0 saturated carbocycles. The first-order chi connectivity index (χ1) is 15.0. The Balaban J connectivity index is 1.70. The fourth-order valence-electron chi connectivity index (χ4n) is 3.81. The number of fused-ring (bicyclic) bond motifs is 2. The minimum Gasteiger partial charge on any atom is -0.363 e. The van der Waals surface area contributed by atoms with Crippen LogP contribution in [-0.4, -0.2) is 19.4 Å². The van der Waals surface area contributed by atoms with Crippen molar-refractivity contribution in [1.82, 2.24) is 19.4 Å². The molecule has 31 heavy (non-hydrogen) atoms. The van der Waals surface area contributed by atoms with Crippen LogP contribution in [0, 0.1) is 11.6 Å². The summed E-state index contributed by atoms with van der Waals surface area (Å²) >= 11 is 0. The summed E-state index contributed by atoms with van der Waals surface area (Å²) < 4.78 is 29.4. The maximum atomic E-state index is 14.3. The SMILES string of the molecule is CC(Nc1ncnc2[nH]cc(F)c12)c1cc2ccc(F)cn2c(=O)c1-c1ccccc1. The van der Waals surface area contributed by atoms with Crippen molar-refractivity contribution in [3.05, 3.63) is 94.8 Å². The van der Waals surface area contributed by atoms with Gasteiger partial charge in [0, 0.05) is 17.9 Å². The van der Waals surface area contributed by atoms with Crippen LogP contribution in [0.4, 0.5) is 14.6 Å². The van der Waals surface area contributed by atoms with Gasteiger partial charge in [0.15, 0.2) is 5.82 Å². The van der Waals surface area contributed by atoms with E-state index in [0.29, 0.717) is 33.7 Å². The van der Waals surface area contributed by atoms with E-state index in [9.17, 15) is 13.6 Å². The first-order valence-corrected chi connectivity index (χ1v) is 9.67. The van der Waals surface area contributed by atoms with E-state index in [2.05, 4.69) is 20.3 Å². The molecule has 1 atom stereocenters. The molecule has 6 nitrogen and oxygen atoms in total. The molecule has 0 spiro atoms. The van der Waals surface area contributed by atoms with E-state index >= 15 is 0 Å². The average molecular weight is 417 g/mol. The van der Waals surface area contributed by atoms with Crippen LogP contribution in [-0.2, 0) is 0 Å². The van der Waals surface area contributed by atoms with Crippen molar-refractivity contribution in [2.24, 2.45) is 0 Å². The number of nitrogens with one attached hydrogen (secondary N) is 2. The summed E-state index contributed by atoms with van der Waals surface area (Å²) in [4.78, 5) is 24.3. The smallest absolute Gasteiger partial charge is 0.263 e. The highest BCUT2D eigenvalue weighted by atomic mass is 19.1. The highest BCUT2D eigenvalue weighted by molar-refractivity contribution is 5.87. The van der Waals surface area contributed by atoms with Crippen LogP contribution in [0.15, 0.2) is 72.0 Å². The van der Waals surface area contributed by atoms with Crippen LogP contribution in [0.25, 0.3) is 27.7 Å². The first kappa shape index (κ1) is 18.9. The van der Waals surface area contributed by atoms with Gasteiger partial charge in [0.1, 0.15) is 23.6 Å². The summed E-state index contributed by atoms with van der Waals surface area (Å²) in [6, 6.07) is 13.5. The summed E-state index contributed by atoms with van der Waals surface area (Å²) in [5.74, 6) is -0.656. The number of hydrogen-bond acceptors (Lipinski definition) is 4. The Labute approximate surface area is 175 Å². The summed E-state index contributed by atoms with van der Waals surface area (Å²) in [7, 11) is 0. The lowest BCUT2D eigenvalue weighted by molar-refractivity contribution is 0.618. The Hall–Kier alpha value is -4.07. The molecule has 0 fully saturated rings. The maximum Gasteiger partial charge on any atom is 0.263 e. The van der Waals surface area contributed by atoms with Crippen molar-refractivity contribution in [2.75, 3.05) is 5.32 Å². The molecule has 0 aliphatic rings. The lowest BCUT2D eigenvalue weighted by atomic mass is 9.96. The Morgan fingerprint density at radius 3 is 2.71 bits per heavy atom. The second-order valence-corrected chi connectivity index (χ2v) is 7.24. The number of aromatic amines is 1. The number of pyridine rings is 2. The van der Waals surface area contributed by atoms with Gasteiger partial charge in [0.25, 0.3) is 5.56 Å². The monoisotopic (exact) mass is 417 g/mol. The molecule has 5 aromatic rings. The highest BCUT2D eigenvalue weighted by Crippen LogP contribution is 2.31. The molecule has 1 unspecified atom stereocenters. The Kier molecular flexibility index (Phi) is 4.47. The minimum absolute atomic E-state index is 0.246. The lowest BCUT2D eigenvalue weighted by Crippen LogP contribution is -2.21. The standard InChI is InChI=1S/C23H17F2N5O/c1-13(29-22-20-18(25)10-26-21(20)27-12-28-22)17-9-16-8-7-15(24)11-30(16)23(31)19(17)14-5-3-2-4-6-14/h2-13H,1H3,(H2,26,27,28,29). The highest BCUT2D eigenvalue weighted by Gasteiger charge is 2.20. The van der Waals surface area contributed by atoms with Crippen LogP contribution in [0.1, 0.15) is 18.5 Å². The predicted octanol–water partition coefficient (Wildman–Crippen LogP) is 4.69. The van der Waals surface area contributed by atoms with Crippen LogP contribution in [0.3, 0.4) is 0 Å². The van der Waals surface area contributed by atoms with E-state index in [0.717, 1.165) is 0 Å². The van der Waals surface area contributed by atoms with Crippen molar-refractivity contribution < 1.29 is 8.78 Å². The molecule has 0 aliphatic carbocycles. The normalized spacial score (nSPS) is 12.4. The molecule has 0 bridgehead atoms. The molecule has 0 radical (unpaired) electrons. The average Bonchev–Trinajstić information content (AvgIpc) is 3.16. The third kappa shape index (κ3) is 3.22. The number of hydrogen-bond donors (Lipinski definition) is 2. The molecule has 154 valence electrons. The molecule has 0 saturated heterocycles. The molecule has 0 aliphatic heterocycles. The van der Waals surface area contributed by atoms with Crippen molar-refractivity contribution in [1.29, 1.82) is 0 Å². The third-order valence-electron chi connectivity index (χ3n) is 5.27. The third-order valence-corrected chi connectivity index (χ3v) is 5.27. The van der Waals surface area contributed by atoms with Crippen molar-refractivity contribution in [3.63, 3.8) is 0 Å². The number of H-pyrrole nitrogens is 1. The number of rotatable bonds is 4. The zero-order chi connectivity index (χ0) is 21.5. The van der Waals surface area contributed by atoms with Crippen molar-refractivity contribution in [2.45, 2.75) is 13.0 Å². The van der Waals surface area contributed by atoms with E-state index in [4.69, 9.17) is 0 Å². The zero-order valence-electron chi connectivity index (χ0n) is 16.4. The summed E-state index contributed by atoms with van der Waals surface area (Å²) in [6.07, 6.45) is 3.74. The van der Waals surface area contributed by atoms with Gasteiger partial charge >= 0.3 is 0 Å². The van der Waals surface area contributed by atoms with Gasteiger partial charge in [-0.05, 0) is 36.2 Å². The van der Waals surface area contributed by atoms with Gasteiger partial charge in [-0.25, -0.2) is 18.7 Å². The van der Waals surface area contributed by atoms with E-state index in [1.807, 2.05) is 43.3 Å². The fourth-order valence-corrected chi connectivity index (χ4v) is 3.81. The molecule has 8 heteroatoms. The van der Waals surface area contributed by atoms with Gasteiger partial charge in [0.05, 0.1) is 17.0 Å². The Bertz CT molecular complexity index is 1480. The largest absolute Gasteiger partial charge is 0.363 e. The van der Waals surface area contributed by atoms with Crippen LogP contribution >= 0.6 is 0 Å². The number of nitrogens with zero attached hydrogens (tertiary/aromatic N) is 3. The van der Waals surface area contributed by atoms with E-state index in [1.165, 1.54) is 29.2 Å². The number of anilines is 1. The maximum absolute atomic E-state index is 14.3. The topological polar surface area (TPSA) is 75.1 Å². The summed E-state index contributed by atoms with van der Waals surface area (Å²) in [6.45, 7) is 1.86. The van der Waals surface area contributed by atoms with E-state index in [1.54, 1.807) is 6.07 Å². The van der Waals surface area contributed by atoms with Gasteiger partial charge in [0.2, 0.25) is 0 Å². The fraction of sp³-hybridized carbons (Fsp3) is 0.0870. The van der Waals surface area contributed by atoms with E-state index in [-0.39, 0.29) is 10.9 Å². The van der Waals surface area contributed by atoms with Gasteiger partial charge in [-0.1, -0.05) is 30.3 Å². The second-order valence-electron chi connectivity index (χ2n) is 7.24. The first-order valence-electron chi connectivity index (χ1n) is 9.67. The van der Waals surface area contributed by atoms with Gasteiger partial charge in [-0.2, -0.15) is 0 Å². The van der Waals surface area contributed by atoms with Crippen molar-refractivity contribution >= 4 is 22.4 Å². The van der Waals surface area contributed by atoms with Gasteiger partial charge < -0.3 is 10.3 Å². The van der Waals surface area contributed by atoms with Crippen LogP contribution in [0.2, 0.25) is 0 Å². The molecule has 1 aromatic carbocycles. The molecule has 5 rings (SSSR count).